The Morgan fingerprint density at radius 1 is 1.19 bits per heavy atom. The predicted octanol–water partition coefficient (Wildman–Crippen LogP) is 3.40. The number of furan rings is 1. The molecule has 0 aliphatic heterocycles. The molecule has 1 aromatic heterocycles. The van der Waals surface area contributed by atoms with Gasteiger partial charge in [-0.3, -0.25) is 0 Å². The van der Waals surface area contributed by atoms with E-state index in [1.807, 2.05) is 13.8 Å². The van der Waals surface area contributed by atoms with Crippen LogP contribution < -0.4 is 0 Å². The first-order chi connectivity index (χ1) is 7.49. The van der Waals surface area contributed by atoms with Gasteiger partial charge in [0, 0.05) is 12.1 Å². The quantitative estimate of drug-likeness (QED) is 0.851. The second kappa shape index (κ2) is 3.87. The van der Waals surface area contributed by atoms with Crippen LogP contribution in [0.15, 0.2) is 22.6 Å². The average molecular weight is 226 g/mol. The molecule has 0 spiro atoms. The maximum Gasteiger partial charge on any atom is 0.140 e. The summed E-state index contributed by atoms with van der Waals surface area (Å²) in [4.78, 5) is 0. The van der Waals surface area contributed by atoms with Crippen molar-refractivity contribution in [2.24, 2.45) is 5.92 Å². The Balaban J connectivity index is 2.56. The maximum atomic E-state index is 13.3. The molecule has 1 heterocycles. The van der Waals surface area contributed by atoms with Crippen LogP contribution in [-0.4, -0.2) is 5.11 Å². The minimum atomic E-state index is -0.810. The third-order valence-corrected chi connectivity index (χ3v) is 2.49. The van der Waals surface area contributed by atoms with Gasteiger partial charge in [-0.15, -0.1) is 0 Å². The second-order valence-electron chi connectivity index (χ2n) is 4.14. The van der Waals surface area contributed by atoms with Crippen molar-refractivity contribution in [3.8, 4) is 0 Å². The van der Waals surface area contributed by atoms with E-state index < -0.39 is 17.7 Å². The molecule has 1 aromatic carbocycles. The number of halogens is 2. The maximum absolute atomic E-state index is 13.3. The molecule has 0 aliphatic rings. The first-order valence-electron chi connectivity index (χ1n) is 5.05. The fourth-order valence-electron chi connectivity index (χ4n) is 1.56. The van der Waals surface area contributed by atoms with Gasteiger partial charge in [-0.05, 0) is 12.0 Å². The van der Waals surface area contributed by atoms with Crippen molar-refractivity contribution in [3.05, 3.63) is 35.6 Å². The molecule has 0 aliphatic carbocycles. The highest BCUT2D eigenvalue weighted by atomic mass is 19.1. The standard InChI is InChI=1S/C12H12F2O2/c1-6(2)12(15)11-5-8-9(14)3-7(13)4-10(8)16-11/h3-6,12,15H,1-2H3. The van der Waals surface area contributed by atoms with Gasteiger partial charge in [-0.2, -0.15) is 0 Å². The van der Waals surface area contributed by atoms with Gasteiger partial charge in [0.1, 0.15) is 29.1 Å². The van der Waals surface area contributed by atoms with Crippen LogP contribution in [0.4, 0.5) is 8.78 Å². The Morgan fingerprint density at radius 2 is 1.88 bits per heavy atom. The van der Waals surface area contributed by atoms with E-state index in [1.165, 1.54) is 6.07 Å². The molecule has 16 heavy (non-hydrogen) atoms. The van der Waals surface area contributed by atoms with E-state index in [1.54, 1.807) is 0 Å². The number of benzene rings is 1. The van der Waals surface area contributed by atoms with Crippen molar-refractivity contribution in [2.45, 2.75) is 20.0 Å². The molecule has 1 N–H and O–H groups in total. The predicted molar refractivity (Wildman–Crippen MR) is 55.9 cm³/mol. The summed E-state index contributed by atoms with van der Waals surface area (Å²) in [5.74, 6) is -1.16. The normalized spacial score (nSPS) is 13.6. The highest BCUT2D eigenvalue weighted by molar-refractivity contribution is 5.78. The molecule has 1 unspecified atom stereocenters. The Kier molecular flexibility index (Phi) is 2.68. The number of fused-ring (bicyclic) bond motifs is 1. The Morgan fingerprint density at radius 3 is 2.50 bits per heavy atom. The average Bonchev–Trinajstić information content (AvgIpc) is 2.60. The SMILES string of the molecule is CC(C)C(O)c1cc2c(F)cc(F)cc2o1. The van der Waals surface area contributed by atoms with Gasteiger partial charge in [0.15, 0.2) is 0 Å². The Bertz CT molecular complexity index is 517. The third-order valence-electron chi connectivity index (χ3n) is 2.49. The number of aliphatic hydroxyl groups excluding tert-OH is 1. The lowest BCUT2D eigenvalue weighted by molar-refractivity contribution is 0.104. The zero-order valence-electron chi connectivity index (χ0n) is 9.00. The first kappa shape index (κ1) is 11.1. The van der Waals surface area contributed by atoms with Crippen LogP contribution >= 0.6 is 0 Å². The monoisotopic (exact) mass is 226 g/mol. The summed E-state index contributed by atoms with van der Waals surface area (Å²) in [6.45, 7) is 3.63. The van der Waals surface area contributed by atoms with Crippen molar-refractivity contribution < 1.29 is 18.3 Å². The molecular weight excluding hydrogens is 214 g/mol. The summed E-state index contributed by atoms with van der Waals surface area (Å²) in [6.07, 6.45) is -0.810. The van der Waals surface area contributed by atoms with Gasteiger partial charge in [0.25, 0.3) is 0 Å². The lowest BCUT2D eigenvalue weighted by atomic mass is 10.1. The summed E-state index contributed by atoms with van der Waals surface area (Å²) in [6, 6.07) is 3.31. The largest absolute Gasteiger partial charge is 0.458 e. The topological polar surface area (TPSA) is 33.4 Å². The molecular formula is C12H12F2O2. The number of hydrogen-bond donors (Lipinski definition) is 1. The summed E-state index contributed by atoms with van der Waals surface area (Å²) < 4.78 is 31.5. The summed E-state index contributed by atoms with van der Waals surface area (Å²) in [5.41, 5.74) is 0.118. The zero-order valence-corrected chi connectivity index (χ0v) is 9.00. The molecule has 0 radical (unpaired) electrons. The molecule has 2 rings (SSSR count). The highest BCUT2D eigenvalue weighted by Crippen LogP contribution is 2.29. The van der Waals surface area contributed by atoms with Crippen LogP contribution in [0, 0.1) is 17.6 Å². The number of aliphatic hydroxyl groups is 1. The van der Waals surface area contributed by atoms with Crippen molar-refractivity contribution in [1.82, 2.24) is 0 Å². The second-order valence-corrected chi connectivity index (χ2v) is 4.14. The molecule has 0 saturated carbocycles. The van der Waals surface area contributed by atoms with Gasteiger partial charge < -0.3 is 9.52 Å². The fraction of sp³-hybridized carbons (Fsp3) is 0.333. The third kappa shape index (κ3) is 1.80. The van der Waals surface area contributed by atoms with Crippen molar-refractivity contribution in [2.75, 3.05) is 0 Å². The van der Waals surface area contributed by atoms with E-state index in [0.717, 1.165) is 12.1 Å². The fourth-order valence-corrected chi connectivity index (χ4v) is 1.56. The smallest absolute Gasteiger partial charge is 0.140 e. The highest BCUT2D eigenvalue weighted by Gasteiger charge is 2.18. The number of hydrogen-bond acceptors (Lipinski definition) is 2. The van der Waals surface area contributed by atoms with Crippen molar-refractivity contribution in [3.63, 3.8) is 0 Å². The molecule has 0 fully saturated rings. The van der Waals surface area contributed by atoms with Gasteiger partial charge in [0.05, 0.1) is 5.39 Å². The zero-order chi connectivity index (χ0) is 11.9. The molecule has 0 saturated heterocycles. The van der Waals surface area contributed by atoms with Crippen LogP contribution in [0.1, 0.15) is 25.7 Å². The van der Waals surface area contributed by atoms with Crippen LogP contribution in [-0.2, 0) is 0 Å². The van der Waals surface area contributed by atoms with Gasteiger partial charge >= 0.3 is 0 Å². The van der Waals surface area contributed by atoms with E-state index >= 15 is 0 Å². The first-order valence-corrected chi connectivity index (χ1v) is 5.05. The molecule has 4 heteroatoms. The van der Waals surface area contributed by atoms with Gasteiger partial charge in [-0.25, -0.2) is 8.78 Å². The Hall–Kier alpha value is -1.42. The number of rotatable bonds is 2. The molecule has 0 bridgehead atoms. The molecule has 0 amide bonds. The van der Waals surface area contributed by atoms with Crippen LogP contribution in [0.25, 0.3) is 11.0 Å². The van der Waals surface area contributed by atoms with Gasteiger partial charge in [-0.1, -0.05) is 13.8 Å². The summed E-state index contributed by atoms with van der Waals surface area (Å²) in [5, 5.41) is 9.94. The van der Waals surface area contributed by atoms with Crippen molar-refractivity contribution in [1.29, 1.82) is 0 Å². The molecule has 1 atom stereocenters. The van der Waals surface area contributed by atoms with E-state index in [2.05, 4.69) is 0 Å². The van der Waals surface area contributed by atoms with E-state index in [9.17, 15) is 13.9 Å². The van der Waals surface area contributed by atoms with E-state index in [-0.39, 0.29) is 22.6 Å². The lowest BCUT2D eigenvalue weighted by Gasteiger charge is -2.10. The summed E-state index contributed by atoms with van der Waals surface area (Å²) in [7, 11) is 0. The van der Waals surface area contributed by atoms with Gasteiger partial charge in [0.2, 0.25) is 0 Å². The molecule has 2 aromatic rings. The van der Waals surface area contributed by atoms with Crippen LogP contribution in [0.2, 0.25) is 0 Å². The van der Waals surface area contributed by atoms with Crippen molar-refractivity contribution >= 4 is 11.0 Å². The Labute approximate surface area is 91.5 Å². The molecule has 2 nitrogen and oxygen atoms in total. The molecule has 86 valence electrons. The summed E-state index contributed by atoms with van der Waals surface area (Å²) >= 11 is 0. The van der Waals surface area contributed by atoms with Crippen LogP contribution in [0.3, 0.4) is 0 Å². The lowest BCUT2D eigenvalue weighted by Crippen LogP contribution is -2.03. The minimum Gasteiger partial charge on any atom is -0.458 e. The van der Waals surface area contributed by atoms with Crippen LogP contribution in [0.5, 0.6) is 0 Å². The van der Waals surface area contributed by atoms with E-state index in [0.29, 0.717) is 0 Å². The minimum absolute atomic E-state index is 0.0477. The van der Waals surface area contributed by atoms with E-state index in [4.69, 9.17) is 4.42 Å².